The van der Waals surface area contributed by atoms with Gasteiger partial charge in [-0.15, -0.1) is 12.4 Å². The van der Waals surface area contributed by atoms with Gasteiger partial charge in [-0.25, -0.2) is 4.79 Å². The van der Waals surface area contributed by atoms with Crippen molar-refractivity contribution in [1.29, 1.82) is 0 Å². The van der Waals surface area contributed by atoms with E-state index in [-0.39, 0.29) is 18.4 Å². The Morgan fingerprint density at radius 1 is 1.08 bits per heavy atom. The number of aromatic nitrogens is 1. The Morgan fingerprint density at radius 3 is 2.52 bits per heavy atom. The van der Waals surface area contributed by atoms with E-state index in [1.165, 1.54) is 7.11 Å². The molecule has 0 saturated heterocycles. The molecule has 0 saturated carbocycles. The Morgan fingerprint density at radius 2 is 1.84 bits per heavy atom. The van der Waals surface area contributed by atoms with Crippen molar-refractivity contribution >= 4 is 52.3 Å². The number of ether oxygens (including phenoxy) is 1. The second-order valence-electron chi connectivity index (χ2n) is 5.62. The van der Waals surface area contributed by atoms with E-state index in [0.717, 1.165) is 33.5 Å². The lowest BCUT2D eigenvalue weighted by Crippen LogP contribution is -2.02. The summed E-state index contributed by atoms with van der Waals surface area (Å²) in [6.45, 7) is 3.93. The summed E-state index contributed by atoms with van der Waals surface area (Å²) in [7, 11) is 1.37. The van der Waals surface area contributed by atoms with E-state index in [2.05, 4.69) is 10.3 Å². The van der Waals surface area contributed by atoms with E-state index in [1.807, 2.05) is 44.2 Å². The van der Waals surface area contributed by atoms with Crippen LogP contribution in [0.3, 0.4) is 0 Å². The normalized spacial score (nSPS) is 10.2. The fraction of sp³-hybridized carbons (Fsp3) is 0.158. The van der Waals surface area contributed by atoms with Crippen molar-refractivity contribution in [2.24, 2.45) is 0 Å². The van der Waals surface area contributed by atoms with E-state index in [1.54, 1.807) is 12.1 Å². The minimum atomic E-state index is -0.369. The molecule has 1 N–H and O–H groups in total. The number of benzene rings is 2. The molecule has 4 nitrogen and oxygen atoms in total. The van der Waals surface area contributed by atoms with E-state index < -0.39 is 0 Å². The lowest BCUT2D eigenvalue weighted by molar-refractivity contribution is 0.0601. The maximum absolute atomic E-state index is 11.8. The van der Waals surface area contributed by atoms with E-state index in [4.69, 9.17) is 16.3 Å². The molecule has 0 amide bonds. The summed E-state index contributed by atoms with van der Waals surface area (Å²) in [5, 5.41) is 4.97. The average Bonchev–Trinajstić information content (AvgIpc) is 2.56. The molecular weight excluding hydrogens is 359 g/mol. The number of anilines is 2. The summed E-state index contributed by atoms with van der Waals surface area (Å²) in [4.78, 5) is 16.3. The first kappa shape index (κ1) is 19.0. The molecule has 0 unspecified atom stereocenters. The van der Waals surface area contributed by atoms with Crippen LogP contribution in [0, 0.1) is 13.8 Å². The Bertz CT molecular complexity index is 942. The highest BCUT2D eigenvalue weighted by molar-refractivity contribution is 6.30. The average molecular weight is 377 g/mol. The first-order valence-electron chi connectivity index (χ1n) is 7.51. The number of carbonyl (C=O) groups is 1. The number of hydrogen-bond donors (Lipinski definition) is 1. The standard InChI is InChI=1S/C19H17ClN2O2.ClH/c1-11-8-14(20)5-7-16(11)22-18-9-12(2)21-17-6-4-13(10-15(17)18)19(23)24-3;/h4-10H,1-3H3,(H,21,22);1H. The zero-order valence-corrected chi connectivity index (χ0v) is 15.7. The number of fused-ring (bicyclic) bond motifs is 1. The molecule has 3 rings (SSSR count). The Hall–Kier alpha value is -2.30. The van der Waals surface area contributed by atoms with Crippen LogP contribution in [-0.2, 0) is 4.74 Å². The van der Waals surface area contributed by atoms with Gasteiger partial charge in [0, 0.05) is 27.5 Å². The molecule has 3 aromatic rings. The van der Waals surface area contributed by atoms with Crippen LogP contribution in [0.1, 0.15) is 21.6 Å². The van der Waals surface area contributed by atoms with Crippen molar-refractivity contribution in [3.05, 3.63) is 64.3 Å². The van der Waals surface area contributed by atoms with Crippen LogP contribution < -0.4 is 5.32 Å². The predicted octanol–water partition coefficient (Wildman–Crippen LogP) is 5.46. The Kier molecular flexibility index (Phi) is 5.88. The van der Waals surface area contributed by atoms with E-state index in [0.29, 0.717) is 10.6 Å². The number of esters is 1. The van der Waals surface area contributed by atoms with Crippen molar-refractivity contribution in [1.82, 2.24) is 4.98 Å². The fourth-order valence-electron chi connectivity index (χ4n) is 2.62. The van der Waals surface area contributed by atoms with Gasteiger partial charge in [-0.3, -0.25) is 4.98 Å². The van der Waals surface area contributed by atoms with Gasteiger partial charge >= 0.3 is 5.97 Å². The molecule has 0 aliphatic carbocycles. The van der Waals surface area contributed by atoms with Gasteiger partial charge in [0.15, 0.2) is 0 Å². The van der Waals surface area contributed by atoms with E-state index in [9.17, 15) is 4.79 Å². The summed E-state index contributed by atoms with van der Waals surface area (Å²) < 4.78 is 4.80. The number of aryl methyl sites for hydroxylation is 2. The minimum Gasteiger partial charge on any atom is -0.465 e. The predicted molar refractivity (Wildman–Crippen MR) is 105 cm³/mol. The summed E-state index contributed by atoms with van der Waals surface area (Å²) in [5.41, 5.74) is 5.07. The summed E-state index contributed by atoms with van der Waals surface area (Å²) >= 11 is 6.02. The highest BCUT2D eigenvalue weighted by Gasteiger charge is 2.11. The molecule has 0 atom stereocenters. The zero-order valence-electron chi connectivity index (χ0n) is 14.1. The maximum Gasteiger partial charge on any atom is 0.337 e. The highest BCUT2D eigenvalue weighted by Crippen LogP contribution is 2.30. The smallest absolute Gasteiger partial charge is 0.337 e. The lowest BCUT2D eigenvalue weighted by Gasteiger charge is -2.14. The first-order chi connectivity index (χ1) is 11.5. The van der Waals surface area contributed by atoms with Crippen LogP contribution in [0.25, 0.3) is 10.9 Å². The number of nitrogens with zero attached hydrogens (tertiary/aromatic N) is 1. The molecule has 0 aliphatic heterocycles. The zero-order chi connectivity index (χ0) is 17.3. The third-order valence-electron chi connectivity index (χ3n) is 3.82. The number of methoxy groups -OCH3 is 1. The third-order valence-corrected chi connectivity index (χ3v) is 4.05. The van der Waals surface area contributed by atoms with Crippen molar-refractivity contribution in [2.45, 2.75) is 13.8 Å². The van der Waals surface area contributed by atoms with Crippen LogP contribution >= 0.6 is 24.0 Å². The molecule has 0 bridgehead atoms. The molecule has 2 aromatic carbocycles. The SMILES string of the molecule is COC(=O)c1ccc2nc(C)cc(Nc3ccc(Cl)cc3C)c2c1.Cl. The van der Waals surface area contributed by atoms with Gasteiger partial charge in [-0.1, -0.05) is 11.6 Å². The second-order valence-corrected chi connectivity index (χ2v) is 6.06. The molecule has 6 heteroatoms. The Labute approximate surface area is 157 Å². The van der Waals surface area contributed by atoms with Crippen molar-refractivity contribution in [3.8, 4) is 0 Å². The summed E-state index contributed by atoms with van der Waals surface area (Å²) in [6, 6.07) is 13.0. The first-order valence-corrected chi connectivity index (χ1v) is 7.88. The van der Waals surface area contributed by atoms with Crippen LogP contribution in [0.15, 0.2) is 42.5 Å². The van der Waals surface area contributed by atoms with Crippen molar-refractivity contribution < 1.29 is 9.53 Å². The number of rotatable bonds is 3. The number of nitrogens with one attached hydrogen (secondary N) is 1. The molecule has 25 heavy (non-hydrogen) atoms. The molecule has 1 aromatic heterocycles. The number of halogens is 2. The van der Waals surface area contributed by atoms with Crippen molar-refractivity contribution in [2.75, 3.05) is 12.4 Å². The van der Waals surface area contributed by atoms with Gasteiger partial charge in [0.25, 0.3) is 0 Å². The van der Waals surface area contributed by atoms with Gasteiger partial charge in [-0.2, -0.15) is 0 Å². The van der Waals surface area contributed by atoms with Crippen LogP contribution in [0.2, 0.25) is 5.02 Å². The molecule has 0 spiro atoms. The molecule has 0 fully saturated rings. The quantitative estimate of drug-likeness (QED) is 0.616. The maximum atomic E-state index is 11.8. The molecule has 0 aliphatic rings. The molecular formula is C19H18Cl2N2O2. The van der Waals surface area contributed by atoms with Crippen LogP contribution in [-0.4, -0.2) is 18.1 Å². The van der Waals surface area contributed by atoms with Crippen LogP contribution in [0.4, 0.5) is 11.4 Å². The number of pyridine rings is 1. The van der Waals surface area contributed by atoms with E-state index >= 15 is 0 Å². The number of hydrogen-bond acceptors (Lipinski definition) is 4. The number of carbonyl (C=O) groups excluding carboxylic acids is 1. The monoisotopic (exact) mass is 376 g/mol. The molecule has 130 valence electrons. The fourth-order valence-corrected chi connectivity index (χ4v) is 2.85. The topological polar surface area (TPSA) is 51.2 Å². The Balaban J connectivity index is 0.00000225. The second kappa shape index (κ2) is 7.72. The van der Waals surface area contributed by atoms with Crippen molar-refractivity contribution in [3.63, 3.8) is 0 Å². The largest absolute Gasteiger partial charge is 0.465 e. The summed E-state index contributed by atoms with van der Waals surface area (Å²) in [5.74, 6) is -0.369. The van der Waals surface area contributed by atoms with Gasteiger partial charge in [0.1, 0.15) is 0 Å². The highest BCUT2D eigenvalue weighted by atomic mass is 35.5. The van der Waals surface area contributed by atoms with Gasteiger partial charge in [0.2, 0.25) is 0 Å². The summed E-state index contributed by atoms with van der Waals surface area (Å²) in [6.07, 6.45) is 0. The molecule has 0 radical (unpaired) electrons. The van der Waals surface area contributed by atoms with Gasteiger partial charge in [-0.05, 0) is 61.9 Å². The lowest BCUT2D eigenvalue weighted by atomic mass is 10.1. The van der Waals surface area contributed by atoms with Crippen LogP contribution in [0.5, 0.6) is 0 Å². The minimum absolute atomic E-state index is 0. The third kappa shape index (κ3) is 4.03. The van der Waals surface area contributed by atoms with Gasteiger partial charge < -0.3 is 10.1 Å². The molecule has 1 heterocycles. The van der Waals surface area contributed by atoms with Gasteiger partial charge in [0.05, 0.1) is 18.2 Å².